The zero-order chi connectivity index (χ0) is 11.6. The number of pyridine rings is 1. The zero-order valence-electron chi connectivity index (χ0n) is 9.46. The van der Waals surface area contributed by atoms with E-state index in [4.69, 9.17) is 0 Å². The molecule has 0 atom stereocenters. The van der Waals surface area contributed by atoms with E-state index in [1.807, 2.05) is 25.5 Å². The maximum Gasteiger partial charge on any atom is 0.343 e. The van der Waals surface area contributed by atoms with Crippen LogP contribution in [0.3, 0.4) is 0 Å². The average Bonchev–Trinajstić information content (AvgIpc) is 2.21. The minimum absolute atomic E-state index is 0.146. The second-order valence-electron chi connectivity index (χ2n) is 3.38. The second kappa shape index (κ2) is 4.29. The maximum atomic E-state index is 11.7. The first kappa shape index (κ1) is 11.5. The van der Waals surface area contributed by atoms with E-state index in [9.17, 15) is 9.59 Å². The summed E-state index contributed by atoms with van der Waals surface area (Å²) in [5.74, 6) is -0.563. The van der Waals surface area contributed by atoms with Crippen molar-refractivity contribution in [3.8, 4) is 0 Å². The Morgan fingerprint density at radius 1 is 1.53 bits per heavy atom. The molecule has 0 bridgehead atoms. The van der Waals surface area contributed by atoms with Crippen molar-refractivity contribution in [2.24, 2.45) is 7.05 Å². The fraction of sp³-hybridized carbons (Fsp3) is 0.455. The van der Waals surface area contributed by atoms with Gasteiger partial charge >= 0.3 is 5.97 Å². The normalized spacial score (nSPS) is 10.1. The largest absolute Gasteiger partial charge is 0.465 e. The fourth-order valence-electron chi connectivity index (χ4n) is 1.62. The summed E-state index contributed by atoms with van der Waals surface area (Å²) in [6, 6.07) is 1.45. The van der Waals surface area contributed by atoms with Crippen LogP contribution in [0.15, 0.2) is 10.9 Å². The van der Waals surface area contributed by atoms with Crippen LogP contribution in [0.4, 0.5) is 0 Å². The predicted octanol–water partition coefficient (Wildman–Crippen LogP) is 1.04. The number of carbonyl (C=O) groups is 1. The number of ether oxygens (including phenoxy) is 1. The van der Waals surface area contributed by atoms with Crippen LogP contribution in [0.25, 0.3) is 0 Å². The van der Waals surface area contributed by atoms with Gasteiger partial charge in [-0.15, -0.1) is 0 Å². The molecule has 0 saturated heterocycles. The van der Waals surface area contributed by atoms with Crippen LogP contribution in [0.1, 0.15) is 28.7 Å². The number of aryl methyl sites for hydroxylation is 1. The Morgan fingerprint density at radius 2 is 2.13 bits per heavy atom. The number of nitrogens with zero attached hydrogens (tertiary/aromatic N) is 1. The van der Waals surface area contributed by atoms with Crippen molar-refractivity contribution >= 4 is 5.97 Å². The van der Waals surface area contributed by atoms with Crippen molar-refractivity contribution in [3.05, 3.63) is 33.2 Å². The van der Waals surface area contributed by atoms with Crippen LogP contribution in [-0.4, -0.2) is 17.6 Å². The lowest BCUT2D eigenvalue weighted by molar-refractivity contribution is 0.0597. The summed E-state index contributed by atoms with van der Waals surface area (Å²) >= 11 is 0. The molecule has 0 aliphatic rings. The molecule has 15 heavy (non-hydrogen) atoms. The van der Waals surface area contributed by atoms with E-state index >= 15 is 0 Å². The van der Waals surface area contributed by atoms with Gasteiger partial charge in [-0.25, -0.2) is 4.79 Å². The Bertz CT molecular complexity index is 446. The first-order valence-electron chi connectivity index (χ1n) is 4.80. The van der Waals surface area contributed by atoms with Crippen LogP contribution in [0, 0.1) is 6.92 Å². The van der Waals surface area contributed by atoms with Gasteiger partial charge in [0.25, 0.3) is 0 Å². The van der Waals surface area contributed by atoms with Gasteiger partial charge in [-0.2, -0.15) is 0 Å². The van der Waals surface area contributed by atoms with Crippen LogP contribution in [0.5, 0.6) is 0 Å². The molecule has 4 heteroatoms. The van der Waals surface area contributed by atoms with Crippen molar-refractivity contribution in [1.82, 2.24) is 4.57 Å². The van der Waals surface area contributed by atoms with E-state index in [0.717, 1.165) is 5.69 Å². The Kier molecular flexibility index (Phi) is 3.29. The summed E-state index contributed by atoms with van der Waals surface area (Å²) in [7, 11) is 3.11. The fourth-order valence-corrected chi connectivity index (χ4v) is 1.62. The quantitative estimate of drug-likeness (QED) is 0.684. The molecule has 0 aliphatic heterocycles. The highest BCUT2D eigenvalue weighted by Gasteiger charge is 2.17. The van der Waals surface area contributed by atoms with Crippen LogP contribution in [0.2, 0.25) is 0 Å². The van der Waals surface area contributed by atoms with E-state index in [0.29, 0.717) is 12.1 Å². The average molecular weight is 209 g/mol. The highest BCUT2D eigenvalue weighted by atomic mass is 16.5. The number of hydrogen-bond acceptors (Lipinski definition) is 3. The number of esters is 1. The number of hydrogen-bond donors (Lipinski definition) is 0. The Balaban J connectivity index is 3.56. The topological polar surface area (TPSA) is 48.3 Å². The molecule has 0 aromatic carbocycles. The molecular weight excluding hydrogens is 194 g/mol. The van der Waals surface area contributed by atoms with E-state index in [2.05, 4.69) is 4.74 Å². The number of carbonyl (C=O) groups excluding carboxylic acids is 1. The third-order valence-electron chi connectivity index (χ3n) is 2.53. The molecule has 1 rings (SSSR count). The Hall–Kier alpha value is -1.58. The summed E-state index contributed by atoms with van der Waals surface area (Å²) in [6.45, 7) is 3.74. The first-order chi connectivity index (χ1) is 7.02. The molecule has 4 nitrogen and oxygen atoms in total. The monoisotopic (exact) mass is 209 g/mol. The van der Waals surface area contributed by atoms with E-state index in [1.54, 1.807) is 0 Å². The van der Waals surface area contributed by atoms with Crippen molar-refractivity contribution in [3.63, 3.8) is 0 Å². The summed E-state index contributed by atoms with van der Waals surface area (Å²) < 4.78 is 6.44. The van der Waals surface area contributed by atoms with Crippen LogP contribution in [-0.2, 0) is 18.2 Å². The van der Waals surface area contributed by atoms with Crippen LogP contribution >= 0.6 is 0 Å². The van der Waals surface area contributed by atoms with Gasteiger partial charge in [-0.05, 0) is 13.3 Å². The predicted molar refractivity (Wildman–Crippen MR) is 57.1 cm³/mol. The minimum atomic E-state index is -0.563. The van der Waals surface area contributed by atoms with Crippen molar-refractivity contribution in [1.29, 1.82) is 0 Å². The molecule has 0 amide bonds. The second-order valence-corrected chi connectivity index (χ2v) is 3.38. The van der Waals surface area contributed by atoms with Gasteiger partial charge in [0.05, 0.1) is 7.11 Å². The van der Waals surface area contributed by atoms with Gasteiger partial charge < -0.3 is 9.30 Å². The number of aromatic nitrogens is 1. The lowest BCUT2D eigenvalue weighted by atomic mass is 10.1. The third-order valence-corrected chi connectivity index (χ3v) is 2.53. The van der Waals surface area contributed by atoms with Crippen molar-refractivity contribution < 1.29 is 9.53 Å². The molecule has 0 aliphatic carbocycles. The highest BCUT2D eigenvalue weighted by Crippen LogP contribution is 2.08. The molecule has 0 radical (unpaired) electrons. The van der Waals surface area contributed by atoms with E-state index in [-0.39, 0.29) is 11.0 Å². The van der Waals surface area contributed by atoms with E-state index < -0.39 is 5.97 Å². The Morgan fingerprint density at radius 3 is 2.60 bits per heavy atom. The first-order valence-corrected chi connectivity index (χ1v) is 4.80. The van der Waals surface area contributed by atoms with Gasteiger partial charge in [0, 0.05) is 24.5 Å². The zero-order valence-corrected chi connectivity index (χ0v) is 9.46. The van der Waals surface area contributed by atoms with Gasteiger partial charge in [0.2, 0.25) is 0 Å². The molecule has 0 fully saturated rings. The molecule has 0 N–H and O–H groups in total. The molecule has 0 saturated carbocycles. The molecule has 1 heterocycles. The molecule has 0 spiro atoms. The molecule has 1 aromatic rings. The lowest BCUT2D eigenvalue weighted by Gasteiger charge is -2.13. The molecule has 82 valence electrons. The van der Waals surface area contributed by atoms with Crippen molar-refractivity contribution in [2.75, 3.05) is 7.11 Å². The SMILES string of the molecule is CCc1c(C(=O)OC)c(=O)cc(C)n1C. The lowest BCUT2D eigenvalue weighted by Crippen LogP contribution is -2.24. The van der Waals surface area contributed by atoms with Gasteiger partial charge in [-0.1, -0.05) is 6.92 Å². The van der Waals surface area contributed by atoms with Crippen LogP contribution < -0.4 is 5.43 Å². The maximum absolute atomic E-state index is 11.7. The molecule has 0 unspecified atom stereocenters. The number of rotatable bonds is 2. The Labute approximate surface area is 88.5 Å². The molecular formula is C11H15NO3. The molecule has 1 aromatic heterocycles. The summed E-state index contributed by atoms with van der Waals surface area (Å²) in [5.41, 5.74) is 1.43. The standard InChI is InChI=1S/C11H15NO3/c1-5-8-10(11(14)15-4)9(13)6-7(2)12(8)3/h6H,5H2,1-4H3. The minimum Gasteiger partial charge on any atom is -0.465 e. The highest BCUT2D eigenvalue weighted by molar-refractivity contribution is 5.90. The van der Waals surface area contributed by atoms with Gasteiger partial charge in [0.15, 0.2) is 5.43 Å². The summed E-state index contributed by atoms with van der Waals surface area (Å²) in [6.07, 6.45) is 0.623. The summed E-state index contributed by atoms with van der Waals surface area (Å²) in [4.78, 5) is 23.1. The number of methoxy groups -OCH3 is 1. The third kappa shape index (κ3) is 1.93. The summed E-state index contributed by atoms with van der Waals surface area (Å²) in [5, 5.41) is 0. The van der Waals surface area contributed by atoms with Crippen molar-refractivity contribution in [2.45, 2.75) is 20.3 Å². The van der Waals surface area contributed by atoms with Gasteiger partial charge in [0.1, 0.15) is 5.56 Å². The van der Waals surface area contributed by atoms with Gasteiger partial charge in [-0.3, -0.25) is 4.79 Å². The smallest absolute Gasteiger partial charge is 0.343 e. The van der Waals surface area contributed by atoms with E-state index in [1.165, 1.54) is 13.2 Å².